The molecular formula is C23H24N2O5. The molecule has 7 nitrogen and oxygen atoms in total. The van der Waals surface area contributed by atoms with E-state index in [1.54, 1.807) is 30.5 Å². The predicted molar refractivity (Wildman–Crippen MR) is 114 cm³/mol. The van der Waals surface area contributed by atoms with E-state index in [2.05, 4.69) is 4.98 Å². The van der Waals surface area contributed by atoms with Crippen LogP contribution in [0.5, 0.6) is 11.5 Å². The summed E-state index contributed by atoms with van der Waals surface area (Å²) < 4.78 is 17.8. The van der Waals surface area contributed by atoms with E-state index >= 15 is 0 Å². The Bertz CT molecular complexity index is 1130. The predicted octanol–water partition coefficient (Wildman–Crippen LogP) is 3.56. The molecule has 2 heterocycles. The van der Waals surface area contributed by atoms with Crippen LogP contribution in [0.2, 0.25) is 0 Å². The van der Waals surface area contributed by atoms with Gasteiger partial charge in [0.25, 0.3) is 5.56 Å². The fourth-order valence-electron chi connectivity index (χ4n) is 2.86. The van der Waals surface area contributed by atoms with Gasteiger partial charge in [0.15, 0.2) is 11.5 Å². The van der Waals surface area contributed by atoms with Crippen molar-refractivity contribution in [3.63, 3.8) is 0 Å². The number of aromatic nitrogens is 2. The molecule has 0 aliphatic rings. The van der Waals surface area contributed by atoms with Crippen molar-refractivity contribution in [3.8, 4) is 11.5 Å². The lowest BCUT2D eigenvalue weighted by molar-refractivity contribution is -0.139. The number of esters is 1. The molecule has 3 aromatic rings. The topological polar surface area (TPSA) is 79.1 Å². The van der Waals surface area contributed by atoms with Crippen molar-refractivity contribution >= 4 is 17.7 Å². The summed E-state index contributed by atoms with van der Waals surface area (Å²) in [5.41, 5.74) is 2.41. The maximum atomic E-state index is 12.2. The molecule has 3 rings (SSSR count). The van der Waals surface area contributed by atoms with E-state index in [0.717, 1.165) is 11.1 Å². The van der Waals surface area contributed by atoms with Gasteiger partial charge in [0.2, 0.25) is 0 Å². The Labute approximate surface area is 174 Å². The van der Waals surface area contributed by atoms with Crippen molar-refractivity contribution in [2.24, 2.45) is 0 Å². The minimum atomic E-state index is -0.534. The van der Waals surface area contributed by atoms with E-state index in [4.69, 9.17) is 14.2 Å². The van der Waals surface area contributed by atoms with Crippen LogP contribution in [0.25, 0.3) is 11.7 Å². The highest BCUT2D eigenvalue weighted by Gasteiger charge is 2.07. The van der Waals surface area contributed by atoms with E-state index in [-0.39, 0.29) is 12.2 Å². The number of rotatable bonds is 8. The SMILES string of the molecule is CCOc1ccc(/C=C/C(=O)OCc2cc(=O)n3cc(C)ccc3n2)cc1OCC. The summed E-state index contributed by atoms with van der Waals surface area (Å²) >= 11 is 0. The van der Waals surface area contributed by atoms with E-state index in [9.17, 15) is 9.59 Å². The summed E-state index contributed by atoms with van der Waals surface area (Å²) in [5, 5.41) is 0. The van der Waals surface area contributed by atoms with Gasteiger partial charge in [-0.1, -0.05) is 12.1 Å². The molecule has 0 aliphatic heterocycles. The summed E-state index contributed by atoms with van der Waals surface area (Å²) in [6, 6.07) is 10.4. The number of carbonyl (C=O) groups excluding carboxylic acids is 1. The van der Waals surface area contributed by atoms with Gasteiger partial charge in [0.05, 0.1) is 18.9 Å². The Balaban J connectivity index is 1.66. The van der Waals surface area contributed by atoms with Gasteiger partial charge in [-0.05, 0) is 56.2 Å². The Morgan fingerprint density at radius 3 is 2.60 bits per heavy atom. The third kappa shape index (κ3) is 5.26. The van der Waals surface area contributed by atoms with Gasteiger partial charge in [-0.25, -0.2) is 9.78 Å². The standard InChI is InChI=1S/C23H24N2O5/c1-4-28-19-9-7-17(12-20(19)29-5-2)8-11-23(27)30-15-18-13-22(26)25-14-16(3)6-10-21(25)24-18/h6-14H,4-5,15H2,1-3H3/b11-8+. The lowest BCUT2D eigenvalue weighted by atomic mass is 10.2. The number of aryl methyl sites for hydroxylation is 1. The van der Waals surface area contributed by atoms with Gasteiger partial charge in [0.1, 0.15) is 12.3 Å². The normalized spacial score (nSPS) is 11.0. The van der Waals surface area contributed by atoms with Crippen LogP contribution in [0, 0.1) is 6.92 Å². The van der Waals surface area contributed by atoms with Crippen LogP contribution in [0.3, 0.4) is 0 Å². The first-order chi connectivity index (χ1) is 14.5. The fourth-order valence-corrected chi connectivity index (χ4v) is 2.86. The smallest absolute Gasteiger partial charge is 0.331 e. The molecule has 0 bridgehead atoms. The maximum absolute atomic E-state index is 12.2. The van der Waals surface area contributed by atoms with Gasteiger partial charge < -0.3 is 14.2 Å². The Morgan fingerprint density at radius 1 is 1.07 bits per heavy atom. The van der Waals surface area contributed by atoms with Crippen LogP contribution in [-0.4, -0.2) is 28.6 Å². The van der Waals surface area contributed by atoms with Crippen LogP contribution in [0.1, 0.15) is 30.7 Å². The molecule has 0 aliphatic carbocycles. The van der Waals surface area contributed by atoms with Gasteiger partial charge >= 0.3 is 5.97 Å². The van der Waals surface area contributed by atoms with E-state index < -0.39 is 5.97 Å². The van der Waals surface area contributed by atoms with E-state index in [0.29, 0.717) is 36.1 Å². The highest BCUT2D eigenvalue weighted by molar-refractivity contribution is 5.87. The zero-order chi connectivity index (χ0) is 21.5. The quantitative estimate of drug-likeness (QED) is 0.419. The molecule has 7 heteroatoms. The van der Waals surface area contributed by atoms with Crippen LogP contribution >= 0.6 is 0 Å². The minimum Gasteiger partial charge on any atom is -0.490 e. The first kappa shape index (κ1) is 21.1. The van der Waals surface area contributed by atoms with E-state index in [1.165, 1.54) is 16.5 Å². The van der Waals surface area contributed by atoms with Crippen molar-refractivity contribution in [2.75, 3.05) is 13.2 Å². The molecule has 0 spiro atoms. The van der Waals surface area contributed by atoms with Gasteiger partial charge in [-0.15, -0.1) is 0 Å². The average molecular weight is 408 g/mol. The monoisotopic (exact) mass is 408 g/mol. The molecule has 0 atom stereocenters. The van der Waals surface area contributed by atoms with E-state index in [1.807, 2.05) is 32.9 Å². The average Bonchev–Trinajstić information content (AvgIpc) is 2.73. The molecular weight excluding hydrogens is 384 g/mol. The number of benzene rings is 1. The molecule has 0 radical (unpaired) electrons. The summed E-state index contributed by atoms with van der Waals surface area (Å²) in [6.07, 6.45) is 4.67. The Kier molecular flexibility index (Phi) is 6.85. The van der Waals surface area contributed by atoms with Crippen molar-refractivity contribution < 1.29 is 19.0 Å². The van der Waals surface area contributed by atoms with Crippen LogP contribution in [0.4, 0.5) is 0 Å². The molecule has 0 fully saturated rings. The number of hydrogen-bond donors (Lipinski definition) is 0. The third-order valence-electron chi connectivity index (χ3n) is 4.20. The largest absolute Gasteiger partial charge is 0.490 e. The number of carbonyl (C=O) groups is 1. The number of pyridine rings is 1. The first-order valence-electron chi connectivity index (χ1n) is 9.73. The molecule has 0 unspecified atom stereocenters. The third-order valence-corrected chi connectivity index (χ3v) is 4.20. The van der Waals surface area contributed by atoms with Crippen LogP contribution in [0.15, 0.2) is 53.5 Å². The van der Waals surface area contributed by atoms with Crippen LogP contribution in [-0.2, 0) is 16.1 Å². The van der Waals surface area contributed by atoms with Crippen molar-refractivity contribution in [1.29, 1.82) is 0 Å². The summed E-state index contributed by atoms with van der Waals surface area (Å²) in [5.74, 6) is 0.738. The molecule has 0 saturated carbocycles. The maximum Gasteiger partial charge on any atom is 0.331 e. The zero-order valence-corrected chi connectivity index (χ0v) is 17.3. The molecule has 1 aromatic carbocycles. The highest BCUT2D eigenvalue weighted by Crippen LogP contribution is 2.29. The second-order valence-electron chi connectivity index (χ2n) is 6.53. The Hall–Kier alpha value is -3.61. The molecule has 2 aromatic heterocycles. The van der Waals surface area contributed by atoms with Gasteiger partial charge in [-0.2, -0.15) is 0 Å². The van der Waals surface area contributed by atoms with Crippen molar-refractivity contribution in [1.82, 2.24) is 9.38 Å². The van der Waals surface area contributed by atoms with Gasteiger partial charge in [-0.3, -0.25) is 9.20 Å². The molecule has 0 saturated heterocycles. The lowest BCUT2D eigenvalue weighted by Gasteiger charge is -2.11. The van der Waals surface area contributed by atoms with Crippen molar-refractivity contribution in [2.45, 2.75) is 27.4 Å². The number of ether oxygens (including phenoxy) is 3. The number of hydrogen-bond acceptors (Lipinski definition) is 6. The summed E-state index contributed by atoms with van der Waals surface area (Å²) in [4.78, 5) is 28.7. The summed E-state index contributed by atoms with van der Waals surface area (Å²) in [7, 11) is 0. The second-order valence-corrected chi connectivity index (χ2v) is 6.53. The number of nitrogens with zero attached hydrogens (tertiary/aromatic N) is 2. The molecule has 0 amide bonds. The summed E-state index contributed by atoms with van der Waals surface area (Å²) in [6.45, 7) is 6.65. The van der Waals surface area contributed by atoms with Gasteiger partial charge in [0, 0.05) is 18.3 Å². The Morgan fingerprint density at radius 2 is 1.83 bits per heavy atom. The first-order valence-corrected chi connectivity index (χ1v) is 9.73. The molecule has 156 valence electrons. The van der Waals surface area contributed by atoms with Crippen molar-refractivity contribution in [3.05, 3.63) is 75.8 Å². The zero-order valence-electron chi connectivity index (χ0n) is 17.3. The molecule has 0 N–H and O–H groups in total. The van der Waals surface area contributed by atoms with Crippen LogP contribution < -0.4 is 15.0 Å². The second kappa shape index (κ2) is 9.73. The molecule has 30 heavy (non-hydrogen) atoms. The lowest BCUT2D eigenvalue weighted by Crippen LogP contribution is -2.16. The minimum absolute atomic E-state index is 0.0870. The number of fused-ring (bicyclic) bond motifs is 1. The fraction of sp³-hybridized carbons (Fsp3) is 0.261. The highest BCUT2D eigenvalue weighted by atomic mass is 16.5.